The van der Waals surface area contributed by atoms with Crippen molar-refractivity contribution in [2.45, 2.75) is 149 Å². The molecule has 2 heteroatoms. The first-order valence-electron chi connectivity index (χ1n) is 11.8. The summed E-state index contributed by atoms with van der Waals surface area (Å²) in [5.74, 6) is 0.713. The molecule has 0 saturated carbocycles. The Morgan fingerprint density at radius 3 is 1.19 bits per heavy atom. The van der Waals surface area contributed by atoms with Crippen molar-refractivity contribution in [2.75, 3.05) is 0 Å². The molecule has 0 aromatic rings. The molecule has 0 spiro atoms. The van der Waals surface area contributed by atoms with E-state index >= 15 is 0 Å². The Morgan fingerprint density at radius 1 is 0.538 bits per heavy atom. The summed E-state index contributed by atoms with van der Waals surface area (Å²) in [6.07, 6.45) is 25.5. The van der Waals surface area contributed by atoms with Gasteiger partial charge in [0.25, 0.3) is 0 Å². The van der Waals surface area contributed by atoms with Crippen LogP contribution in [0.5, 0.6) is 0 Å². The molecule has 4 N–H and O–H groups in total. The molecule has 0 rings (SSSR count). The Morgan fingerprint density at radius 2 is 0.846 bits per heavy atom. The fourth-order valence-electron chi connectivity index (χ4n) is 3.92. The summed E-state index contributed by atoms with van der Waals surface area (Å²) >= 11 is 0. The van der Waals surface area contributed by atoms with Gasteiger partial charge in [0.15, 0.2) is 0 Å². The van der Waals surface area contributed by atoms with Crippen LogP contribution >= 0.6 is 0 Å². The van der Waals surface area contributed by atoms with Gasteiger partial charge in [-0.3, -0.25) is 0 Å². The predicted molar refractivity (Wildman–Crippen MR) is 120 cm³/mol. The van der Waals surface area contributed by atoms with Crippen molar-refractivity contribution in [3.63, 3.8) is 0 Å². The Hall–Kier alpha value is -0.0800. The Labute approximate surface area is 166 Å². The summed E-state index contributed by atoms with van der Waals surface area (Å²) in [6, 6.07) is 0. The van der Waals surface area contributed by atoms with Crippen LogP contribution in [0, 0.1) is 5.92 Å². The van der Waals surface area contributed by atoms with Crippen LogP contribution in [0.25, 0.3) is 0 Å². The van der Waals surface area contributed by atoms with Gasteiger partial charge in [0, 0.05) is 5.54 Å². The third kappa shape index (κ3) is 18.7. The largest absolute Gasteiger partial charge is 0.412 e. The third-order valence-electron chi connectivity index (χ3n) is 5.86. The van der Waals surface area contributed by atoms with Crippen LogP contribution in [-0.2, 0) is 0 Å². The highest BCUT2D eigenvalue weighted by molar-refractivity contribution is 4.82. The van der Waals surface area contributed by atoms with Gasteiger partial charge in [-0.1, -0.05) is 117 Å². The molecule has 160 valence electrons. The Kier molecular flexibility index (Phi) is 21.3. The van der Waals surface area contributed by atoms with Crippen molar-refractivity contribution in [3.8, 4) is 0 Å². The van der Waals surface area contributed by atoms with Crippen LogP contribution in [-0.4, -0.2) is 11.0 Å². The van der Waals surface area contributed by atoms with E-state index in [1.54, 1.807) is 0 Å². The standard InChI is InChI=1S/C24H51N.H2O/c1-5-7-9-10-11-12-13-14-15-16-17-18-19-20-22-23(21-8-6-2)24(3,4)25;/h23H,5-22,25H2,1-4H3;1H2. The molecule has 1 unspecified atom stereocenters. The van der Waals surface area contributed by atoms with E-state index in [9.17, 15) is 0 Å². The van der Waals surface area contributed by atoms with Crippen molar-refractivity contribution in [1.29, 1.82) is 0 Å². The molecule has 0 aliphatic heterocycles. The zero-order valence-electron chi connectivity index (χ0n) is 18.9. The van der Waals surface area contributed by atoms with Crippen molar-refractivity contribution in [1.82, 2.24) is 0 Å². The molecule has 26 heavy (non-hydrogen) atoms. The molecule has 2 nitrogen and oxygen atoms in total. The Balaban J connectivity index is 0. The summed E-state index contributed by atoms with van der Waals surface area (Å²) in [6.45, 7) is 9.02. The van der Waals surface area contributed by atoms with E-state index in [4.69, 9.17) is 5.73 Å². The van der Waals surface area contributed by atoms with Gasteiger partial charge in [-0.15, -0.1) is 0 Å². The van der Waals surface area contributed by atoms with Gasteiger partial charge in [-0.25, -0.2) is 0 Å². The summed E-state index contributed by atoms with van der Waals surface area (Å²) < 4.78 is 0. The van der Waals surface area contributed by atoms with Crippen LogP contribution in [0.15, 0.2) is 0 Å². The van der Waals surface area contributed by atoms with E-state index in [1.807, 2.05) is 0 Å². The zero-order chi connectivity index (χ0) is 18.8. The fraction of sp³-hybridized carbons (Fsp3) is 1.00. The molecule has 0 radical (unpaired) electrons. The van der Waals surface area contributed by atoms with Crippen molar-refractivity contribution in [3.05, 3.63) is 0 Å². The molecule has 0 bridgehead atoms. The third-order valence-corrected chi connectivity index (χ3v) is 5.86. The maximum absolute atomic E-state index is 6.37. The number of hydrogen-bond donors (Lipinski definition) is 1. The highest BCUT2D eigenvalue weighted by atomic mass is 16.0. The van der Waals surface area contributed by atoms with E-state index in [-0.39, 0.29) is 11.0 Å². The first kappa shape index (κ1) is 28.1. The van der Waals surface area contributed by atoms with Crippen LogP contribution in [0.2, 0.25) is 0 Å². The lowest BCUT2D eigenvalue weighted by atomic mass is 9.81. The van der Waals surface area contributed by atoms with Crippen molar-refractivity contribution < 1.29 is 5.48 Å². The van der Waals surface area contributed by atoms with Crippen LogP contribution in [0.1, 0.15) is 143 Å². The van der Waals surface area contributed by atoms with Gasteiger partial charge in [0.1, 0.15) is 0 Å². The topological polar surface area (TPSA) is 57.5 Å². The first-order chi connectivity index (χ1) is 12.0. The van der Waals surface area contributed by atoms with E-state index in [0.717, 1.165) is 0 Å². The van der Waals surface area contributed by atoms with E-state index in [2.05, 4.69) is 27.7 Å². The van der Waals surface area contributed by atoms with Crippen molar-refractivity contribution >= 4 is 0 Å². The quantitative estimate of drug-likeness (QED) is 0.234. The van der Waals surface area contributed by atoms with Crippen molar-refractivity contribution in [2.24, 2.45) is 11.7 Å². The van der Waals surface area contributed by atoms with E-state index in [1.165, 1.54) is 116 Å². The first-order valence-corrected chi connectivity index (χ1v) is 11.8. The Bertz CT molecular complexity index is 259. The highest BCUT2D eigenvalue weighted by Crippen LogP contribution is 2.26. The fourth-order valence-corrected chi connectivity index (χ4v) is 3.92. The number of unbranched alkanes of at least 4 members (excludes halogenated alkanes) is 14. The minimum absolute atomic E-state index is 0. The zero-order valence-corrected chi connectivity index (χ0v) is 18.9. The molecule has 0 aromatic heterocycles. The molecule has 1 atom stereocenters. The number of rotatable bonds is 19. The lowest BCUT2D eigenvalue weighted by Crippen LogP contribution is -2.40. The molecule has 0 saturated heterocycles. The smallest absolute Gasteiger partial charge is 0.0125 e. The number of nitrogens with two attached hydrogens (primary N) is 1. The molecule has 0 aromatic carbocycles. The SMILES string of the molecule is CCCCCCCCCCCCCCCCC(CCCC)C(C)(C)N.O. The second-order valence-corrected chi connectivity index (χ2v) is 9.05. The second-order valence-electron chi connectivity index (χ2n) is 9.05. The van der Waals surface area contributed by atoms with Gasteiger partial charge in [0.05, 0.1) is 0 Å². The summed E-state index contributed by atoms with van der Waals surface area (Å²) in [7, 11) is 0. The average Bonchev–Trinajstić information content (AvgIpc) is 2.56. The summed E-state index contributed by atoms with van der Waals surface area (Å²) in [5.41, 5.74) is 6.38. The van der Waals surface area contributed by atoms with E-state index < -0.39 is 0 Å². The summed E-state index contributed by atoms with van der Waals surface area (Å²) in [5, 5.41) is 0. The predicted octanol–water partition coefficient (Wildman–Crippen LogP) is 7.58. The minimum Gasteiger partial charge on any atom is -0.412 e. The summed E-state index contributed by atoms with van der Waals surface area (Å²) in [4.78, 5) is 0. The molecule has 0 aliphatic carbocycles. The average molecular weight is 372 g/mol. The van der Waals surface area contributed by atoms with Crippen LogP contribution in [0.3, 0.4) is 0 Å². The number of hydrogen-bond acceptors (Lipinski definition) is 1. The maximum atomic E-state index is 6.37. The van der Waals surface area contributed by atoms with Gasteiger partial charge in [0.2, 0.25) is 0 Å². The molecule has 0 aliphatic rings. The molecule has 0 heterocycles. The van der Waals surface area contributed by atoms with Gasteiger partial charge >= 0.3 is 0 Å². The maximum Gasteiger partial charge on any atom is 0.0125 e. The second kappa shape index (κ2) is 19.7. The lowest BCUT2D eigenvalue weighted by Gasteiger charge is -2.30. The van der Waals surface area contributed by atoms with Gasteiger partial charge in [-0.05, 0) is 32.6 Å². The minimum atomic E-state index is 0. The molecule has 0 fully saturated rings. The highest BCUT2D eigenvalue weighted by Gasteiger charge is 2.23. The van der Waals surface area contributed by atoms with Gasteiger partial charge in [-0.2, -0.15) is 0 Å². The molecule has 0 amide bonds. The van der Waals surface area contributed by atoms with Crippen LogP contribution < -0.4 is 5.73 Å². The monoisotopic (exact) mass is 371 g/mol. The van der Waals surface area contributed by atoms with Crippen LogP contribution in [0.4, 0.5) is 0 Å². The molecular weight excluding hydrogens is 318 g/mol. The molecular formula is C24H53NO. The lowest BCUT2D eigenvalue weighted by molar-refractivity contribution is 0.269. The van der Waals surface area contributed by atoms with Gasteiger partial charge < -0.3 is 11.2 Å². The normalized spacial score (nSPS) is 12.8. The van der Waals surface area contributed by atoms with E-state index in [0.29, 0.717) is 5.92 Å².